The number of nitrogens with one attached hydrogen (secondary N) is 1. The number of anilines is 1. The Kier molecular flexibility index (Phi) is 11.0. The first-order chi connectivity index (χ1) is 12.9. The average molecular weight is 442 g/mol. The van der Waals surface area contributed by atoms with E-state index >= 15 is 0 Å². The fourth-order valence-electron chi connectivity index (χ4n) is 2.01. The van der Waals surface area contributed by atoms with Crippen LogP contribution < -0.4 is 10.5 Å². The van der Waals surface area contributed by atoms with Gasteiger partial charge in [-0.05, 0) is 48.9 Å². The van der Waals surface area contributed by atoms with Crippen molar-refractivity contribution >= 4 is 41.2 Å². The molecule has 1 heterocycles. The molecule has 14 heteroatoms. The van der Waals surface area contributed by atoms with E-state index < -0.39 is 10.2 Å². The summed E-state index contributed by atoms with van der Waals surface area (Å²) < 4.78 is 2.20. The molecule has 0 aromatic heterocycles. The molecule has 0 saturated heterocycles. The van der Waals surface area contributed by atoms with Crippen molar-refractivity contribution in [2.45, 2.75) is 29.1 Å². The zero-order valence-corrected chi connectivity index (χ0v) is 16.8. The monoisotopic (exact) mass is 441 g/mol. The Morgan fingerprint density at radius 3 is 2.63 bits per heavy atom. The van der Waals surface area contributed by atoms with Gasteiger partial charge in [-0.15, -0.1) is 20.2 Å². The minimum Gasteiger partial charge on any atom is -0.371 e. The van der Waals surface area contributed by atoms with Crippen molar-refractivity contribution in [1.82, 2.24) is 4.31 Å². The molecule has 0 radical (unpaired) electrons. The highest BCUT2D eigenvalue weighted by atomic mass is 35.5. The number of unbranched alkanes of at least 4 members (excludes halogenated alkanes) is 2. The van der Waals surface area contributed by atoms with E-state index in [2.05, 4.69) is 19.3 Å². The van der Waals surface area contributed by atoms with E-state index in [1.54, 1.807) is 11.9 Å². The van der Waals surface area contributed by atoms with Gasteiger partial charge < -0.3 is 15.0 Å². The number of nitrogens with zero attached hydrogens (tertiary/aromatic N) is 3. The Morgan fingerprint density at radius 2 is 2.04 bits per heavy atom. The first-order valence-corrected chi connectivity index (χ1v) is 9.73. The van der Waals surface area contributed by atoms with E-state index in [0.29, 0.717) is 11.4 Å². The molecule has 0 amide bonds. The lowest BCUT2D eigenvalue weighted by Gasteiger charge is -2.29. The fraction of sp³-hybridized carbons (Fsp3) is 0.538. The van der Waals surface area contributed by atoms with Crippen molar-refractivity contribution in [3.8, 4) is 0 Å². The first-order valence-electron chi connectivity index (χ1n) is 7.70. The predicted molar refractivity (Wildman–Crippen MR) is 103 cm³/mol. The van der Waals surface area contributed by atoms with E-state index in [-0.39, 0.29) is 6.61 Å². The van der Waals surface area contributed by atoms with Crippen LogP contribution in [-0.2, 0) is 9.68 Å². The van der Waals surface area contributed by atoms with Crippen LogP contribution in [0.4, 0.5) is 5.69 Å². The highest BCUT2D eigenvalue weighted by molar-refractivity contribution is 7.98. The predicted octanol–water partition coefficient (Wildman–Crippen LogP) is 3.20. The normalized spacial score (nSPS) is 12.9. The number of rotatable bonds is 9. The Balaban J connectivity index is 0.000000646. The van der Waals surface area contributed by atoms with Crippen LogP contribution in [0.15, 0.2) is 21.9 Å². The molecule has 1 aromatic rings. The molecule has 0 fully saturated rings. The molecule has 1 aliphatic rings. The summed E-state index contributed by atoms with van der Waals surface area (Å²) in [5.74, 6) is 0. The standard InChI is InChI=1S/C12H17ClN4O3S2.CH3NO3/c13-9-6-10-12(7-11(9)21-14)22-16(8-15-10)4-2-1-3-5-20-17(18)19;1-5-2(3)4/h6-7,15H,1-5,8,14H2;1H3. The van der Waals surface area contributed by atoms with Crippen molar-refractivity contribution < 1.29 is 19.8 Å². The summed E-state index contributed by atoms with van der Waals surface area (Å²) in [4.78, 5) is 28.7. The maximum Gasteiger partial charge on any atom is 0.294 e. The maximum absolute atomic E-state index is 10.0. The van der Waals surface area contributed by atoms with Crippen molar-refractivity contribution in [1.29, 1.82) is 0 Å². The second-order valence-electron chi connectivity index (χ2n) is 5.05. The van der Waals surface area contributed by atoms with Gasteiger partial charge in [0.1, 0.15) is 0 Å². The molecule has 0 bridgehead atoms. The minimum atomic E-state index is -0.875. The van der Waals surface area contributed by atoms with Crippen molar-refractivity contribution in [2.75, 3.05) is 32.2 Å². The maximum atomic E-state index is 10.0. The molecule has 0 atom stereocenters. The Hall–Kier alpha value is -1.67. The van der Waals surface area contributed by atoms with Crippen LogP contribution in [0.25, 0.3) is 0 Å². The summed E-state index contributed by atoms with van der Waals surface area (Å²) in [6.45, 7) is 1.79. The molecule has 2 rings (SSSR count). The lowest BCUT2D eigenvalue weighted by molar-refractivity contribution is -0.757. The second-order valence-corrected chi connectivity index (χ2v) is 7.27. The summed E-state index contributed by atoms with van der Waals surface area (Å²) >= 11 is 8.93. The van der Waals surface area contributed by atoms with Crippen molar-refractivity contribution in [3.63, 3.8) is 0 Å². The van der Waals surface area contributed by atoms with Crippen molar-refractivity contribution in [3.05, 3.63) is 37.4 Å². The lowest BCUT2D eigenvalue weighted by Crippen LogP contribution is -2.27. The third-order valence-corrected chi connectivity index (χ3v) is 5.35. The van der Waals surface area contributed by atoms with Crippen LogP contribution >= 0.6 is 35.5 Å². The topological polar surface area (TPSA) is 146 Å². The number of halogens is 1. The van der Waals surface area contributed by atoms with E-state index in [1.165, 1.54) is 0 Å². The van der Waals surface area contributed by atoms with E-state index in [4.69, 9.17) is 26.9 Å². The zero-order valence-electron chi connectivity index (χ0n) is 14.5. The zero-order chi connectivity index (χ0) is 20.2. The van der Waals surface area contributed by atoms with E-state index in [9.17, 15) is 10.1 Å². The Bertz CT molecular complexity index is 641. The number of nitrogens with two attached hydrogens (primary N) is 1. The Morgan fingerprint density at radius 1 is 1.33 bits per heavy atom. The molecule has 0 unspecified atom stereocenters. The van der Waals surface area contributed by atoms with Gasteiger partial charge in [-0.2, -0.15) is 0 Å². The SMILES string of the molecule is CO[N+](=O)[O-].NSc1cc2c(cc1Cl)NCN(CCCCCO[N+](=O)[O-])S2. The van der Waals surface area contributed by atoms with Gasteiger partial charge in [-0.25, -0.2) is 4.31 Å². The largest absolute Gasteiger partial charge is 0.371 e. The van der Waals surface area contributed by atoms with Crippen LogP contribution in [0.3, 0.4) is 0 Å². The smallest absolute Gasteiger partial charge is 0.294 e. The lowest BCUT2D eigenvalue weighted by atomic mass is 10.2. The number of benzene rings is 1. The summed E-state index contributed by atoms with van der Waals surface area (Å²) in [5.41, 5.74) is 1.02. The van der Waals surface area contributed by atoms with Gasteiger partial charge in [-0.1, -0.05) is 18.0 Å². The van der Waals surface area contributed by atoms with Crippen molar-refractivity contribution in [2.24, 2.45) is 5.14 Å². The summed E-state index contributed by atoms with van der Waals surface area (Å²) in [6.07, 6.45) is 2.53. The minimum absolute atomic E-state index is 0.164. The summed E-state index contributed by atoms with van der Waals surface area (Å²) in [6, 6.07) is 3.88. The van der Waals surface area contributed by atoms with Crippen LogP contribution in [0.5, 0.6) is 0 Å². The highest BCUT2D eigenvalue weighted by Gasteiger charge is 2.18. The first kappa shape index (κ1) is 23.4. The van der Waals surface area contributed by atoms with Gasteiger partial charge in [0.05, 0.1) is 31.1 Å². The van der Waals surface area contributed by atoms with Gasteiger partial charge in [-0.3, -0.25) is 5.14 Å². The quantitative estimate of drug-likeness (QED) is 0.252. The number of hydrogen-bond donors (Lipinski definition) is 2. The van der Waals surface area contributed by atoms with Crippen LogP contribution in [0.2, 0.25) is 5.02 Å². The molecule has 27 heavy (non-hydrogen) atoms. The molecule has 0 saturated carbocycles. The molecule has 11 nitrogen and oxygen atoms in total. The Labute approximate surface area is 169 Å². The molecule has 1 aliphatic heterocycles. The second kappa shape index (κ2) is 12.7. The number of fused-ring (bicyclic) bond motifs is 1. The molecule has 152 valence electrons. The number of hydrogen-bond acceptors (Lipinski definition) is 11. The fourth-order valence-corrected chi connectivity index (χ4v) is 3.77. The van der Waals surface area contributed by atoms with Gasteiger partial charge >= 0.3 is 0 Å². The molecular weight excluding hydrogens is 422 g/mol. The molecule has 0 spiro atoms. The third kappa shape index (κ3) is 9.19. The van der Waals surface area contributed by atoms with Crippen LogP contribution in [-0.4, -0.2) is 41.4 Å². The van der Waals surface area contributed by atoms with E-state index in [0.717, 1.165) is 60.6 Å². The highest BCUT2D eigenvalue weighted by Crippen LogP contribution is 2.39. The van der Waals surface area contributed by atoms with Gasteiger partial charge in [0.25, 0.3) is 10.2 Å². The summed E-state index contributed by atoms with van der Waals surface area (Å²) in [7, 11) is 1.00. The van der Waals surface area contributed by atoms with Gasteiger partial charge in [0.2, 0.25) is 0 Å². The average Bonchev–Trinajstić information content (AvgIpc) is 2.64. The van der Waals surface area contributed by atoms with Gasteiger partial charge in [0.15, 0.2) is 0 Å². The van der Waals surface area contributed by atoms with Crippen LogP contribution in [0.1, 0.15) is 19.3 Å². The summed E-state index contributed by atoms with van der Waals surface area (Å²) in [5, 5.41) is 26.9. The van der Waals surface area contributed by atoms with Crippen LogP contribution in [0, 0.1) is 20.2 Å². The molecule has 1 aromatic carbocycles. The molecular formula is C13H20ClN5O6S2. The third-order valence-electron chi connectivity index (χ3n) is 3.23. The molecule has 0 aliphatic carbocycles. The molecule has 3 N–H and O–H groups in total. The van der Waals surface area contributed by atoms with Gasteiger partial charge in [0, 0.05) is 16.3 Å². The van der Waals surface area contributed by atoms with E-state index in [1.807, 2.05) is 12.1 Å².